The minimum Gasteiger partial charge on any atom is -0.478 e. The second kappa shape index (κ2) is 7.12. The molecule has 0 saturated carbocycles. The summed E-state index contributed by atoms with van der Waals surface area (Å²) in [7, 11) is -2.62. The molecule has 6 heteroatoms. The van der Waals surface area contributed by atoms with Gasteiger partial charge in [-0.25, -0.2) is 18.4 Å². The fraction of sp³-hybridized carbons (Fsp3) is 0. The van der Waals surface area contributed by atoms with E-state index in [1.165, 1.54) is 0 Å². The first kappa shape index (κ1) is 11.0. The summed E-state index contributed by atoms with van der Waals surface area (Å²) in [6, 6.07) is 0. The number of nitrogens with two attached hydrogens (primary N) is 1. The molecule has 0 aliphatic carbocycles. The fourth-order valence-corrected chi connectivity index (χ4v) is 0. The molecule has 0 aliphatic heterocycles. The summed E-state index contributed by atoms with van der Waals surface area (Å²) >= 11 is 0. The van der Waals surface area contributed by atoms with E-state index in [2.05, 4.69) is 11.7 Å². The first-order chi connectivity index (χ1) is 4.00. The van der Waals surface area contributed by atoms with Crippen LogP contribution >= 0.6 is 0 Å². The number of carboxylic acids is 1. The van der Waals surface area contributed by atoms with Gasteiger partial charge in [-0.1, -0.05) is 6.58 Å². The lowest BCUT2D eigenvalue weighted by Crippen LogP contribution is -1.85. The summed E-state index contributed by atoms with van der Waals surface area (Å²) in [6.45, 7) is 2.96. The molecule has 3 N–H and O–H groups in total. The molecule has 5 nitrogen and oxygen atoms in total. The Morgan fingerprint density at radius 3 is 1.78 bits per heavy atom. The van der Waals surface area contributed by atoms with E-state index >= 15 is 0 Å². The van der Waals surface area contributed by atoms with Crippen molar-refractivity contribution in [1.82, 2.24) is 0 Å². The van der Waals surface area contributed by atoms with E-state index < -0.39 is 16.9 Å². The maximum absolute atomic E-state index is 9.25. The number of carbonyl (C=O) groups is 1. The van der Waals surface area contributed by atoms with Gasteiger partial charge in [0.05, 0.1) is 0 Å². The molecule has 0 aromatic rings. The summed E-state index contributed by atoms with van der Waals surface area (Å²) in [5, 5.41) is 11.7. The van der Waals surface area contributed by atoms with Gasteiger partial charge in [-0.15, -0.1) is 0 Å². The van der Waals surface area contributed by atoms with Gasteiger partial charge in [-0.05, 0) is 0 Å². The SMILES string of the molecule is C=CC(=O)O.N[SH](=O)=O. The topological polar surface area (TPSA) is 97.5 Å². The normalized spacial score (nSPS) is 7.33. The Kier molecular flexibility index (Phi) is 8.69. The third-order valence-corrected chi connectivity index (χ3v) is 0.175. The molecule has 54 valence electrons. The van der Waals surface area contributed by atoms with E-state index in [0.717, 1.165) is 6.08 Å². The summed E-state index contributed by atoms with van der Waals surface area (Å²) < 4.78 is 17.6. The second-order valence-electron chi connectivity index (χ2n) is 0.828. The van der Waals surface area contributed by atoms with Crippen molar-refractivity contribution in [3.8, 4) is 0 Å². The van der Waals surface area contributed by atoms with Crippen molar-refractivity contribution in [2.24, 2.45) is 5.14 Å². The zero-order valence-electron chi connectivity index (χ0n) is 4.48. The van der Waals surface area contributed by atoms with Crippen LogP contribution in [0.1, 0.15) is 0 Å². The van der Waals surface area contributed by atoms with E-state index in [9.17, 15) is 4.79 Å². The Morgan fingerprint density at radius 1 is 1.67 bits per heavy atom. The molecule has 0 aliphatic rings. The van der Waals surface area contributed by atoms with Crippen LogP contribution in [0.5, 0.6) is 0 Å². The molecule has 0 atom stereocenters. The van der Waals surface area contributed by atoms with Crippen molar-refractivity contribution in [2.75, 3.05) is 0 Å². The number of rotatable bonds is 1. The lowest BCUT2D eigenvalue weighted by Gasteiger charge is -1.64. The summed E-state index contributed by atoms with van der Waals surface area (Å²) in [5.74, 6) is -0.981. The van der Waals surface area contributed by atoms with Crippen molar-refractivity contribution >= 4 is 16.9 Å². The minimum absolute atomic E-state index is 0.833. The molecule has 0 spiro atoms. The van der Waals surface area contributed by atoms with Gasteiger partial charge in [-0.3, -0.25) is 0 Å². The van der Waals surface area contributed by atoms with E-state index in [1.54, 1.807) is 0 Å². The zero-order valence-corrected chi connectivity index (χ0v) is 5.38. The molecule has 0 radical (unpaired) electrons. The minimum atomic E-state index is -2.62. The van der Waals surface area contributed by atoms with Crippen molar-refractivity contribution < 1.29 is 18.3 Å². The van der Waals surface area contributed by atoms with Crippen LogP contribution in [-0.2, 0) is 15.7 Å². The van der Waals surface area contributed by atoms with E-state index in [0.29, 0.717) is 0 Å². The van der Waals surface area contributed by atoms with Crippen LogP contribution in [0.25, 0.3) is 0 Å². The van der Waals surface area contributed by atoms with Gasteiger partial charge >= 0.3 is 5.97 Å². The Bertz CT molecular complexity index is 153. The third kappa shape index (κ3) is 149. The van der Waals surface area contributed by atoms with Crippen molar-refractivity contribution in [2.45, 2.75) is 0 Å². The highest BCUT2D eigenvalue weighted by atomic mass is 32.2. The average Bonchev–Trinajstić information content (AvgIpc) is 1.65. The number of hydrogen-bond donors (Lipinski definition) is 3. The molecule has 0 saturated heterocycles. The Morgan fingerprint density at radius 2 is 1.78 bits per heavy atom. The molecule has 0 aromatic heterocycles. The fourth-order valence-electron chi connectivity index (χ4n) is 0. The smallest absolute Gasteiger partial charge is 0.327 e. The highest BCUT2D eigenvalue weighted by Crippen LogP contribution is 1.54. The van der Waals surface area contributed by atoms with Crippen molar-refractivity contribution in [1.29, 1.82) is 0 Å². The quantitative estimate of drug-likeness (QED) is 0.323. The maximum atomic E-state index is 9.25. The summed E-state index contributed by atoms with van der Waals surface area (Å²) in [4.78, 5) is 9.25. The predicted octanol–water partition coefficient (Wildman–Crippen LogP) is -1.27. The number of aliphatic carboxylic acids is 1. The standard InChI is InChI=1S/C3H4O2.H3NO2S/c1-2-3(4)5;1-4(2)3/h2H,1H2,(H,4,5);4H,(H2,1,2,3). The predicted molar refractivity (Wildman–Crippen MR) is 32.3 cm³/mol. The van der Waals surface area contributed by atoms with Gasteiger partial charge in [-0.2, -0.15) is 0 Å². The van der Waals surface area contributed by atoms with Crippen LogP contribution in [0.2, 0.25) is 0 Å². The van der Waals surface area contributed by atoms with Crippen LogP contribution in [0.15, 0.2) is 12.7 Å². The second-order valence-corrected chi connectivity index (χ2v) is 1.40. The van der Waals surface area contributed by atoms with E-state index in [4.69, 9.17) is 13.5 Å². The van der Waals surface area contributed by atoms with Crippen LogP contribution in [0.4, 0.5) is 0 Å². The average molecular weight is 153 g/mol. The van der Waals surface area contributed by atoms with Crippen LogP contribution < -0.4 is 5.14 Å². The molecule has 0 fully saturated rings. The molecular weight excluding hydrogens is 146 g/mol. The molecule has 0 unspecified atom stereocenters. The molecule has 0 aromatic carbocycles. The first-order valence-electron chi connectivity index (χ1n) is 1.75. The highest BCUT2D eigenvalue weighted by molar-refractivity contribution is 7.69. The molecule has 9 heavy (non-hydrogen) atoms. The first-order valence-corrected chi connectivity index (χ1v) is 2.99. The van der Waals surface area contributed by atoms with Crippen molar-refractivity contribution in [3.05, 3.63) is 12.7 Å². The van der Waals surface area contributed by atoms with Crippen LogP contribution in [0.3, 0.4) is 0 Å². The third-order valence-electron chi connectivity index (χ3n) is 0.175. The largest absolute Gasteiger partial charge is 0.478 e. The summed E-state index contributed by atoms with van der Waals surface area (Å²) in [5.41, 5.74) is 0. The molecule has 0 heterocycles. The van der Waals surface area contributed by atoms with Gasteiger partial charge < -0.3 is 5.11 Å². The molecule has 0 bridgehead atoms. The Balaban J connectivity index is 0. The highest BCUT2D eigenvalue weighted by Gasteiger charge is 1.73. The maximum Gasteiger partial charge on any atom is 0.327 e. The number of thiol groups is 1. The number of hydrogen-bond acceptors (Lipinski definition) is 3. The number of carboxylic acid groups (broad SMARTS) is 1. The Hall–Kier alpha value is -0.880. The van der Waals surface area contributed by atoms with Gasteiger partial charge in [0.25, 0.3) is 0 Å². The zero-order chi connectivity index (χ0) is 7.86. The molecule has 0 rings (SSSR count). The van der Waals surface area contributed by atoms with Gasteiger partial charge in [0.1, 0.15) is 0 Å². The van der Waals surface area contributed by atoms with Crippen molar-refractivity contribution in [3.63, 3.8) is 0 Å². The lowest BCUT2D eigenvalue weighted by molar-refractivity contribution is -0.131. The van der Waals surface area contributed by atoms with E-state index in [1.807, 2.05) is 0 Å². The molecule has 0 amide bonds. The van der Waals surface area contributed by atoms with Crippen LogP contribution in [0, 0.1) is 0 Å². The van der Waals surface area contributed by atoms with E-state index in [-0.39, 0.29) is 0 Å². The lowest BCUT2D eigenvalue weighted by atomic mass is 10.7. The van der Waals surface area contributed by atoms with Gasteiger partial charge in [0, 0.05) is 6.08 Å². The monoisotopic (exact) mass is 153 g/mol. The Labute approximate surface area is 53.9 Å². The van der Waals surface area contributed by atoms with Gasteiger partial charge in [0.15, 0.2) is 10.9 Å². The van der Waals surface area contributed by atoms with Gasteiger partial charge in [0.2, 0.25) is 0 Å². The summed E-state index contributed by atoms with van der Waals surface area (Å²) in [6.07, 6.45) is 0.833. The van der Waals surface area contributed by atoms with Crippen LogP contribution in [-0.4, -0.2) is 19.5 Å². The molecular formula is C3H7NO4S.